The summed E-state index contributed by atoms with van der Waals surface area (Å²) in [4.78, 5) is 33.0. The molecule has 7 aromatic rings. The van der Waals surface area contributed by atoms with Crippen molar-refractivity contribution in [2.24, 2.45) is 10.8 Å². The van der Waals surface area contributed by atoms with E-state index in [0.29, 0.717) is 45.1 Å². The van der Waals surface area contributed by atoms with E-state index in [-0.39, 0.29) is 29.0 Å². The van der Waals surface area contributed by atoms with Gasteiger partial charge in [0.2, 0.25) is 11.9 Å². The highest BCUT2D eigenvalue weighted by Gasteiger charge is 2.27. The van der Waals surface area contributed by atoms with Crippen LogP contribution in [0.3, 0.4) is 0 Å². The highest BCUT2D eigenvalue weighted by atomic mass is 79.9. The molecule has 15 heteroatoms. The second-order valence-corrected chi connectivity index (χ2v) is 14.0. The summed E-state index contributed by atoms with van der Waals surface area (Å²) in [7, 11) is 1.52. The van der Waals surface area contributed by atoms with Crippen LogP contribution in [0.15, 0.2) is 148 Å². The number of amides is 2. The topological polar surface area (TPSA) is 191 Å². The normalized spacial score (nSPS) is 10.4. The number of anilines is 5. The molecule has 5 aromatic carbocycles. The lowest BCUT2D eigenvalue weighted by atomic mass is 9.97. The molecule has 0 saturated heterocycles. The zero-order chi connectivity index (χ0) is 40.6. The predicted octanol–water partition coefficient (Wildman–Crippen LogP) is 9.70. The molecule has 282 valence electrons. The maximum absolute atomic E-state index is 13.5. The number of aromatic nitrogens is 4. The Morgan fingerprint density at radius 1 is 0.690 bits per heavy atom. The van der Waals surface area contributed by atoms with Crippen LogP contribution in [0.4, 0.5) is 33.8 Å². The summed E-state index contributed by atoms with van der Waals surface area (Å²) in [6.07, 6.45) is 3.30. The third-order valence-corrected chi connectivity index (χ3v) is 9.98. The number of carbonyl (C=O) groups is 1. The Morgan fingerprint density at radius 2 is 1.17 bits per heavy atom. The van der Waals surface area contributed by atoms with Crippen LogP contribution in [0, 0.1) is 22.7 Å². The summed E-state index contributed by atoms with van der Waals surface area (Å²) in [6.45, 7) is 0. The van der Waals surface area contributed by atoms with Gasteiger partial charge in [0.15, 0.2) is 0 Å². The fourth-order valence-electron chi connectivity index (χ4n) is 5.80. The Bertz CT molecular complexity index is 2610. The molecule has 2 aromatic heterocycles. The van der Waals surface area contributed by atoms with Crippen LogP contribution in [0.1, 0.15) is 22.5 Å². The molecule has 58 heavy (non-hydrogen) atoms. The minimum absolute atomic E-state index is 0.119. The summed E-state index contributed by atoms with van der Waals surface area (Å²) >= 11 is 7.41. The van der Waals surface area contributed by atoms with E-state index in [9.17, 15) is 15.3 Å². The monoisotopic (exact) mass is 889 g/mol. The zero-order valence-corrected chi connectivity index (χ0v) is 33.6. The predicted molar refractivity (Wildman–Crippen MR) is 230 cm³/mol. The van der Waals surface area contributed by atoms with Crippen LogP contribution >= 0.6 is 31.9 Å². The van der Waals surface area contributed by atoms with Crippen molar-refractivity contribution >= 4 is 72.6 Å². The number of halogens is 2. The molecule has 0 saturated carbocycles. The fraction of sp³-hybridized carbons (Fsp3) is 0.0233. The van der Waals surface area contributed by atoms with Gasteiger partial charge in [0.05, 0.1) is 36.1 Å². The molecule has 0 bridgehead atoms. The van der Waals surface area contributed by atoms with Crippen LogP contribution in [0.2, 0.25) is 0 Å². The molecule has 2 heterocycles. The molecule has 0 aliphatic carbocycles. The van der Waals surface area contributed by atoms with Gasteiger partial charge in [-0.15, -0.1) is 0 Å². The SMILES string of the molecule is COc1cccc(N(N=C(c2nc(Nc3ccc(C#N)cc3)ncc2-c2ccccc2Br)c2nc(Nc3ccc(C#N)cc3)ncc2-c2ccccc2Br)C(N)=O)c1. The minimum Gasteiger partial charge on any atom is -0.497 e. The third kappa shape index (κ3) is 8.66. The number of hydrogen-bond acceptors (Lipinski definition) is 11. The van der Waals surface area contributed by atoms with Gasteiger partial charge in [-0.2, -0.15) is 20.6 Å². The van der Waals surface area contributed by atoms with Crippen molar-refractivity contribution in [3.05, 3.63) is 165 Å². The van der Waals surface area contributed by atoms with Crippen LogP contribution < -0.4 is 26.1 Å². The van der Waals surface area contributed by atoms with Crippen molar-refractivity contribution in [3.8, 4) is 40.1 Å². The van der Waals surface area contributed by atoms with Gasteiger partial charge in [-0.3, -0.25) is 0 Å². The largest absolute Gasteiger partial charge is 0.497 e. The molecule has 0 fully saturated rings. The van der Waals surface area contributed by atoms with Crippen molar-refractivity contribution in [3.63, 3.8) is 0 Å². The highest BCUT2D eigenvalue weighted by molar-refractivity contribution is 9.11. The number of nitriles is 2. The number of nitrogens with two attached hydrogens (primary N) is 1. The van der Waals surface area contributed by atoms with Crippen molar-refractivity contribution in [2.75, 3.05) is 22.8 Å². The Kier molecular flexibility index (Phi) is 11.7. The molecule has 2 amide bonds. The van der Waals surface area contributed by atoms with Gasteiger partial charge < -0.3 is 21.1 Å². The molecule has 0 radical (unpaired) electrons. The Morgan fingerprint density at radius 3 is 1.60 bits per heavy atom. The van der Waals surface area contributed by atoms with Crippen molar-refractivity contribution in [1.29, 1.82) is 10.5 Å². The third-order valence-electron chi connectivity index (χ3n) is 8.60. The highest BCUT2D eigenvalue weighted by Crippen LogP contribution is 2.36. The van der Waals surface area contributed by atoms with Crippen molar-refractivity contribution in [1.82, 2.24) is 19.9 Å². The number of rotatable bonds is 11. The fourth-order valence-corrected chi connectivity index (χ4v) is 6.79. The van der Waals surface area contributed by atoms with Gasteiger partial charge in [-0.05, 0) is 83.9 Å². The first-order valence-corrected chi connectivity index (χ1v) is 18.9. The van der Waals surface area contributed by atoms with E-state index in [1.54, 1.807) is 85.2 Å². The number of primary amides is 1. The minimum atomic E-state index is -0.898. The average molecular weight is 892 g/mol. The summed E-state index contributed by atoms with van der Waals surface area (Å²) in [6, 6.07) is 38.9. The number of urea groups is 1. The lowest BCUT2D eigenvalue weighted by molar-refractivity contribution is 0.254. The molecule has 4 N–H and O–H groups in total. The number of benzene rings is 5. The summed E-state index contributed by atoms with van der Waals surface area (Å²) in [5.74, 6) is 0.834. The quantitative estimate of drug-likeness (QED) is 0.0832. The Hall–Kier alpha value is -7.46. The molecular weight excluding hydrogens is 862 g/mol. The van der Waals surface area contributed by atoms with E-state index >= 15 is 0 Å². The van der Waals surface area contributed by atoms with Crippen molar-refractivity contribution < 1.29 is 9.53 Å². The standard InChI is InChI=1S/C43H29Br2N11O2/c1-58-31-8-6-7-30(21-31)56(41(48)57)55-40(38-34(32-9-2-4-11-36(32)44)24-49-42(53-38)51-28-17-13-26(22-46)14-18-28)39-35(33-10-3-5-12-37(33)45)25-50-43(54-39)52-29-19-15-27(23-47)16-20-29/h2-21,24-25H,1H3,(H2,48,57)(H,49,51,53)(H,50,52,54). The Labute approximate surface area is 349 Å². The molecular formula is C43H29Br2N11O2. The maximum atomic E-state index is 13.5. The lowest BCUT2D eigenvalue weighted by Gasteiger charge is -2.21. The van der Waals surface area contributed by atoms with Gasteiger partial charge in [0, 0.05) is 49.9 Å². The number of nitrogens with zero attached hydrogens (tertiary/aromatic N) is 8. The Balaban J connectivity index is 1.54. The smallest absolute Gasteiger partial charge is 0.340 e. The van der Waals surface area contributed by atoms with E-state index in [1.165, 1.54) is 7.11 Å². The van der Waals surface area contributed by atoms with E-state index < -0.39 is 6.03 Å². The first-order chi connectivity index (χ1) is 28.2. The van der Waals surface area contributed by atoms with E-state index in [1.807, 2.05) is 48.5 Å². The first kappa shape index (κ1) is 38.8. The molecule has 0 spiro atoms. The second kappa shape index (κ2) is 17.6. The number of carbonyl (C=O) groups excluding carboxylic acids is 1. The maximum Gasteiger partial charge on any atom is 0.340 e. The van der Waals surface area contributed by atoms with Crippen LogP contribution in [0.25, 0.3) is 22.3 Å². The van der Waals surface area contributed by atoms with Crippen LogP contribution in [-0.4, -0.2) is 38.8 Å². The van der Waals surface area contributed by atoms with Gasteiger partial charge >= 0.3 is 6.03 Å². The zero-order valence-electron chi connectivity index (χ0n) is 30.4. The van der Waals surface area contributed by atoms with Gasteiger partial charge in [-0.1, -0.05) is 74.3 Å². The number of ether oxygens (including phenoxy) is 1. The summed E-state index contributed by atoms with van der Waals surface area (Å²) < 4.78 is 6.96. The van der Waals surface area contributed by atoms with Crippen LogP contribution in [0.5, 0.6) is 5.75 Å². The van der Waals surface area contributed by atoms with Crippen molar-refractivity contribution in [2.45, 2.75) is 0 Å². The molecule has 7 rings (SSSR count). The lowest BCUT2D eigenvalue weighted by Crippen LogP contribution is -2.33. The first-order valence-electron chi connectivity index (χ1n) is 17.4. The van der Waals surface area contributed by atoms with E-state index in [0.717, 1.165) is 25.1 Å². The van der Waals surface area contributed by atoms with Gasteiger partial charge in [0.1, 0.15) is 22.8 Å². The molecule has 13 nitrogen and oxygen atoms in total. The molecule has 0 unspecified atom stereocenters. The van der Waals surface area contributed by atoms with E-state index in [2.05, 4.69) is 64.6 Å². The molecule has 0 atom stereocenters. The average Bonchev–Trinajstić information content (AvgIpc) is 3.25. The number of nitrogens with one attached hydrogen (secondary N) is 2. The van der Waals surface area contributed by atoms with Gasteiger partial charge in [0.25, 0.3) is 0 Å². The molecule has 0 aliphatic rings. The molecule has 0 aliphatic heterocycles. The van der Waals surface area contributed by atoms with E-state index in [4.69, 9.17) is 25.5 Å². The van der Waals surface area contributed by atoms with Gasteiger partial charge in [-0.25, -0.2) is 24.7 Å². The number of hydrazone groups is 1. The summed E-state index contributed by atoms with van der Waals surface area (Å²) in [5.41, 5.74) is 11.8. The second-order valence-electron chi connectivity index (χ2n) is 12.3. The number of methoxy groups -OCH3 is 1. The number of hydrogen-bond donors (Lipinski definition) is 3. The van der Waals surface area contributed by atoms with Crippen LogP contribution in [-0.2, 0) is 0 Å². The summed E-state index contributed by atoms with van der Waals surface area (Å²) in [5, 5.41) is 31.3.